The van der Waals surface area contributed by atoms with Crippen LogP contribution in [0, 0.1) is 0 Å². The smallest absolute Gasteiger partial charge is 0.128 e. The predicted molar refractivity (Wildman–Crippen MR) is 91.7 cm³/mol. The Morgan fingerprint density at radius 1 is 0.591 bits per heavy atom. The molecule has 2 aliphatic heterocycles. The summed E-state index contributed by atoms with van der Waals surface area (Å²) in [6, 6.07) is 20.4. The third kappa shape index (κ3) is 3.73. The van der Waals surface area contributed by atoms with E-state index >= 15 is 0 Å². The van der Waals surface area contributed by atoms with Crippen LogP contribution >= 0.6 is 0 Å². The number of nitrogens with one attached hydrogen (secondary N) is 2. The van der Waals surface area contributed by atoms with Crippen LogP contribution in [-0.4, -0.2) is 37.9 Å². The van der Waals surface area contributed by atoms with E-state index in [1.807, 2.05) is 36.4 Å². The van der Waals surface area contributed by atoms with Crippen molar-refractivity contribution in [3.63, 3.8) is 0 Å². The van der Waals surface area contributed by atoms with E-state index < -0.39 is 0 Å². The van der Waals surface area contributed by atoms with Crippen molar-refractivity contribution in [3.8, 4) is 0 Å². The summed E-state index contributed by atoms with van der Waals surface area (Å²) >= 11 is 0. The highest BCUT2D eigenvalue weighted by atomic mass is 15.1. The molecule has 2 aliphatic rings. The van der Waals surface area contributed by atoms with Crippen LogP contribution in [0.1, 0.15) is 11.1 Å². The summed E-state index contributed by atoms with van der Waals surface area (Å²) in [5, 5.41) is 6.45. The average Bonchev–Trinajstić information content (AvgIpc) is 3.31. The Hall–Kier alpha value is -2.62. The lowest BCUT2D eigenvalue weighted by Crippen LogP contribution is -2.19. The van der Waals surface area contributed by atoms with E-state index in [1.54, 1.807) is 0 Å². The van der Waals surface area contributed by atoms with Crippen LogP contribution < -0.4 is 10.6 Å². The van der Waals surface area contributed by atoms with Crippen molar-refractivity contribution >= 4 is 11.7 Å². The first-order valence-electron chi connectivity index (χ1n) is 7.61. The molecule has 4 heteroatoms. The van der Waals surface area contributed by atoms with Crippen LogP contribution in [0.15, 0.2) is 70.6 Å². The molecule has 0 saturated carbocycles. The second-order valence-corrected chi connectivity index (χ2v) is 5.05. The van der Waals surface area contributed by atoms with Crippen molar-refractivity contribution in [2.75, 3.05) is 26.2 Å². The van der Waals surface area contributed by atoms with Crippen LogP contribution in [0.5, 0.6) is 0 Å². The molecule has 0 bridgehead atoms. The molecule has 2 heterocycles. The molecule has 0 amide bonds. The Morgan fingerprint density at radius 3 is 1.32 bits per heavy atom. The third-order valence-corrected chi connectivity index (χ3v) is 3.44. The molecule has 2 aromatic carbocycles. The molecule has 0 saturated heterocycles. The lowest BCUT2D eigenvalue weighted by Gasteiger charge is -1.99. The Bertz CT molecular complexity index is 588. The second kappa shape index (κ2) is 7.41. The first kappa shape index (κ1) is 14.3. The van der Waals surface area contributed by atoms with E-state index in [1.165, 1.54) is 11.1 Å². The fourth-order valence-corrected chi connectivity index (χ4v) is 2.37. The molecule has 4 rings (SSSR count). The normalized spacial score (nSPS) is 15.8. The van der Waals surface area contributed by atoms with E-state index in [0.717, 1.165) is 37.9 Å². The van der Waals surface area contributed by atoms with Crippen molar-refractivity contribution in [3.05, 3.63) is 71.8 Å². The maximum absolute atomic E-state index is 4.31. The van der Waals surface area contributed by atoms with Gasteiger partial charge in [0.2, 0.25) is 0 Å². The zero-order chi connectivity index (χ0) is 15.0. The average molecular weight is 292 g/mol. The molecule has 0 fully saturated rings. The van der Waals surface area contributed by atoms with E-state index in [4.69, 9.17) is 0 Å². The first-order chi connectivity index (χ1) is 10.9. The molecule has 0 aliphatic carbocycles. The maximum Gasteiger partial charge on any atom is 0.128 e. The number of benzene rings is 2. The number of hydrogen-bond acceptors (Lipinski definition) is 4. The van der Waals surface area contributed by atoms with Gasteiger partial charge in [-0.1, -0.05) is 60.7 Å². The summed E-state index contributed by atoms with van der Waals surface area (Å²) < 4.78 is 0. The van der Waals surface area contributed by atoms with Gasteiger partial charge in [0.15, 0.2) is 0 Å². The SMILES string of the molecule is c1ccc(C2=NCCN2)cc1.c1ccc(C2=NCCN2)cc1. The molecule has 0 unspecified atom stereocenters. The van der Waals surface area contributed by atoms with Crippen molar-refractivity contribution < 1.29 is 0 Å². The lowest BCUT2D eigenvalue weighted by atomic mass is 10.2. The Kier molecular flexibility index (Phi) is 4.82. The van der Waals surface area contributed by atoms with Crippen LogP contribution in [-0.2, 0) is 0 Å². The molecule has 4 nitrogen and oxygen atoms in total. The van der Waals surface area contributed by atoms with E-state index in [-0.39, 0.29) is 0 Å². The topological polar surface area (TPSA) is 48.8 Å². The molecule has 0 aromatic heterocycles. The molecule has 2 N–H and O–H groups in total. The highest BCUT2D eigenvalue weighted by Crippen LogP contribution is 2.02. The zero-order valence-electron chi connectivity index (χ0n) is 12.5. The Balaban J connectivity index is 0.000000131. The van der Waals surface area contributed by atoms with Gasteiger partial charge in [0.25, 0.3) is 0 Å². The maximum atomic E-state index is 4.31. The van der Waals surface area contributed by atoms with Crippen LogP contribution in [0.25, 0.3) is 0 Å². The Labute approximate surface area is 131 Å². The fourth-order valence-electron chi connectivity index (χ4n) is 2.37. The summed E-state index contributed by atoms with van der Waals surface area (Å²) in [5.74, 6) is 2.07. The summed E-state index contributed by atoms with van der Waals surface area (Å²) in [4.78, 5) is 8.62. The molecular formula is C18H20N4. The number of nitrogens with zero attached hydrogens (tertiary/aromatic N) is 2. The van der Waals surface area contributed by atoms with Gasteiger partial charge in [0, 0.05) is 24.2 Å². The van der Waals surface area contributed by atoms with Gasteiger partial charge in [-0.2, -0.15) is 0 Å². The number of amidine groups is 2. The number of rotatable bonds is 2. The molecule has 2 aromatic rings. The van der Waals surface area contributed by atoms with E-state index in [2.05, 4.69) is 44.9 Å². The molecular weight excluding hydrogens is 272 g/mol. The molecule has 0 atom stereocenters. The first-order valence-corrected chi connectivity index (χ1v) is 7.61. The minimum absolute atomic E-state index is 0.907. The van der Waals surface area contributed by atoms with Gasteiger partial charge in [0.1, 0.15) is 11.7 Å². The highest BCUT2D eigenvalue weighted by molar-refractivity contribution is 6.00. The van der Waals surface area contributed by atoms with Crippen molar-refractivity contribution in [2.45, 2.75) is 0 Å². The number of aliphatic imine (C=N–C) groups is 2. The second-order valence-electron chi connectivity index (χ2n) is 5.05. The molecule has 0 radical (unpaired) electrons. The minimum Gasteiger partial charge on any atom is -0.368 e. The van der Waals surface area contributed by atoms with Crippen LogP contribution in [0.3, 0.4) is 0 Å². The fraction of sp³-hybridized carbons (Fsp3) is 0.222. The van der Waals surface area contributed by atoms with Crippen molar-refractivity contribution in [2.24, 2.45) is 9.98 Å². The molecule has 0 spiro atoms. The van der Waals surface area contributed by atoms with Crippen LogP contribution in [0.2, 0.25) is 0 Å². The Morgan fingerprint density at radius 2 is 1.00 bits per heavy atom. The van der Waals surface area contributed by atoms with Gasteiger partial charge in [-0.15, -0.1) is 0 Å². The standard InChI is InChI=1S/2C9H10N2/c2*1-2-4-8(5-3-1)9-10-6-7-11-9/h2*1-5H,6-7H2,(H,10,11). The van der Waals surface area contributed by atoms with Crippen molar-refractivity contribution in [1.82, 2.24) is 10.6 Å². The highest BCUT2D eigenvalue weighted by Gasteiger charge is 2.06. The predicted octanol–water partition coefficient (Wildman–Crippen LogP) is 2.07. The molecule has 22 heavy (non-hydrogen) atoms. The monoisotopic (exact) mass is 292 g/mol. The largest absolute Gasteiger partial charge is 0.368 e. The minimum atomic E-state index is 0.907. The summed E-state index contributed by atoms with van der Waals surface area (Å²) in [6.07, 6.45) is 0. The van der Waals surface area contributed by atoms with Gasteiger partial charge in [-0.25, -0.2) is 0 Å². The van der Waals surface area contributed by atoms with Gasteiger partial charge in [-0.05, 0) is 0 Å². The van der Waals surface area contributed by atoms with Gasteiger partial charge < -0.3 is 10.6 Å². The number of hydrogen-bond donors (Lipinski definition) is 2. The van der Waals surface area contributed by atoms with Crippen molar-refractivity contribution in [1.29, 1.82) is 0 Å². The molecule has 112 valence electrons. The van der Waals surface area contributed by atoms with E-state index in [9.17, 15) is 0 Å². The van der Waals surface area contributed by atoms with Gasteiger partial charge in [0.05, 0.1) is 13.1 Å². The summed E-state index contributed by atoms with van der Waals surface area (Å²) in [5.41, 5.74) is 2.37. The third-order valence-electron chi connectivity index (χ3n) is 3.44. The van der Waals surface area contributed by atoms with Crippen LogP contribution in [0.4, 0.5) is 0 Å². The summed E-state index contributed by atoms with van der Waals surface area (Å²) in [6.45, 7) is 3.77. The summed E-state index contributed by atoms with van der Waals surface area (Å²) in [7, 11) is 0. The zero-order valence-corrected chi connectivity index (χ0v) is 12.5. The quantitative estimate of drug-likeness (QED) is 0.890. The lowest BCUT2D eigenvalue weighted by molar-refractivity contribution is 0.960. The van der Waals surface area contributed by atoms with Gasteiger partial charge in [-0.3, -0.25) is 9.98 Å². The van der Waals surface area contributed by atoms with E-state index in [0.29, 0.717) is 0 Å². The van der Waals surface area contributed by atoms with Gasteiger partial charge >= 0.3 is 0 Å².